The van der Waals surface area contributed by atoms with Gasteiger partial charge in [0.1, 0.15) is 11.4 Å². The lowest BCUT2D eigenvalue weighted by Gasteiger charge is -2.09. The summed E-state index contributed by atoms with van der Waals surface area (Å²) in [5, 5.41) is 0.601. The molecule has 0 aliphatic rings. The zero-order valence-electron chi connectivity index (χ0n) is 14.8. The molecule has 0 spiro atoms. The largest absolute Gasteiger partial charge is 0.493 e. The molecular formula is C21H19FO4. The Kier molecular flexibility index (Phi) is 5.07. The maximum absolute atomic E-state index is 13.4. The van der Waals surface area contributed by atoms with Gasteiger partial charge in [-0.3, -0.25) is 4.79 Å². The predicted molar refractivity (Wildman–Crippen MR) is 98.4 cm³/mol. The third kappa shape index (κ3) is 3.47. The van der Waals surface area contributed by atoms with E-state index in [1.165, 1.54) is 24.3 Å². The van der Waals surface area contributed by atoms with Crippen molar-refractivity contribution in [2.45, 2.75) is 13.8 Å². The molecule has 0 unspecified atom stereocenters. The normalized spacial score (nSPS) is 11.2. The Hall–Kier alpha value is -3.08. The zero-order chi connectivity index (χ0) is 18.7. The van der Waals surface area contributed by atoms with Gasteiger partial charge in [0, 0.05) is 10.9 Å². The van der Waals surface area contributed by atoms with E-state index in [4.69, 9.17) is 13.9 Å². The quantitative estimate of drug-likeness (QED) is 0.452. The van der Waals surface area contributed by atoms with Gasteiger partial charge in [0.05, 0.1) is 13.7 Å². The summed E-state index contributed by atoms with van der Waals surface area (Å²) in [6.45, 7) is 4.18. The molecule has 0 amide bonds. The van der Waals surface area contributed by atoms with Gasteiger partial charge in [0.15, 0.2) is 17.3 Å². The summed E-state index contributed by atoms with van der Waals surface area (Å²) in [6, 6.07) is 9.61. The minimum absolute atomic E-state index is 0.208. The second-order valence-corrected chi connectivity index (χ2v) is 5.74. The Morgan fingerprint density at radius 1 is 1.19 bits per heavy atom. The van der Waals surface area contributed by atoms with E-state index in [-0.39, 0.29) is 17.4 Å². The molecule has 0 saturated heterocycles. The molecule has 0 N–H and O–H groups in total. The highest BCUT2D eigenvalue weighted by Crippen LogP contribution is 2.29. The highest BCUT2D eigenvalue weighted by molar-refractivity contribution is 6.08. The van der Waals surface area contributed by atoms with Gasteiger partial charge in [-0.05, 0) is 55.8 Å². The maximum atomic E-state index is 13.4. The first-order chi connectivity index (χ1) is 12.5. The Bertz CT molecular complexity index is 985. The molecule has 0 atom stereocenters. The fourth-order valence-corrected chi connectivity index (χ4v) is 2.74. The minimum Gasteiger partial charge on any atom is -0.493 e. The first kappa shape index (κ1) is 17.7. The molecule has 0 bridgehead atoms. The number of benzene rings is 2. The Morgan fingerprint density at radius 2 is 2.00 bits per heavy atom. The molecule has 0 aliphatic heterocycles. The lowest BCUT2D eigenvalue weighted by Crippen LogP contribution is -1.96. The van der Waals surface area contributed by atoms with Gasteiger partial charge in [0.25, 0.3) is 0 Å². The fourth-order valence-electron chi connectivity index (χ4n) is 2.74. The van der Waals surface area contributed by atoms with Crippen LogP contribution in [0, 0.1) is 12.7 Å². The highest BCUT2D eigenvalue weighted by atomic mass is 19.1. The van der Waals surface area contributed by atoms with Crippen molar-refractivity contribution in [1.29, 1.82) is 0 Å². The van der Waals surface area contributed by atoms with Gasteiger partial charge < -0.3 is 13.9 Å². The number of ketones is 1. The molecule has 0 radical (unpaired) electrons. The van der Waals surface area contributed by atoms with Gasteiger partial charge in [-0.1, -0.05) is 12.1 Å². The average Bonchev–Trinajstić information content (AvgIpc) is 2.97. The van der Waals surface area contributed by atoms with Crippen molar-refractivity contribution in [2.24, 2.45) is 0 Å². The molecule has 3 rings (SSSR count). The number of hydrogen-bond donors (Lipinski definition) is 0. The van der Waals surface area contributed by atoms with Crippen molar-refractivity contribution in [1.82, 2.24) is 0 Å². The van der Waals surface area contributed by atoms with E-state index in [1.807, 2.05) is 13.0 Å². The molecule has 0 aliphatic carbocycles. The number of aryl methyl sites for hydroxylation is 1. The smallest absolute Gasteiger partial charge is 0.221 e. The van der Waals surface area contributed by atoms with Crippen LogP contribution in [0.1, 0.15) is 28.6 Å². The van der Waals surface area contributed by atoms with Crippen LogP contribution in [0.5, 0.6) is 11.5 Å². The number of hydrogen-bond acceptors (Lipinski definition) is 4. The van der Waals surface area contributed by atoms with Crippen LogP contribution in [0.4, 0.5) is 4.39 Å². The lowest BCUT2D eigenvalue weighted by molar-refractivity contribution is 0.102. The summed E-state index contributed by atoms with van der Waals surface area (Å²) in [7, 11) is 1.56. The van der Waals surface area contributed by atoms with E-state index in [2.05, 4.69) is 0 Å². The molecule has 0 fully saturated rings. The summed E-state index contributed by atoms with van der Waals surface area (Å²) in [6.07, 6.45) is 3.10. The molecule has 26 heavy (non-hydrogen) atoms. The second kappa shape index (κ2) is 7.44. The van der Waals surface area contributed by atoms with Crippen molar-refractivity contribution in [2.75, 3.05) is 13.7 Å². The summed E-state index contributed by atoms with van der Waals surface area (Å²) >= 11 is 0. The van der Waals surface area contributed by atoms with Crippen LogP contribution in [0.2, 0.25) is 0 Å². The molecular weight excluding hydrogens is 335 g/mol. The van der Waals surface area contributed by atoms with E-state index in [1.54, 1.807) is 32.2 Å². The summed E-state index contributed by atoms with van der Waals surface area (Å²) in [5.74, 6) is 0.801. The lowest BCUT2D eigenvalue weighted by atomic mass is 10.1. The standard InChI is InChI=1S/C21H19FO4/c1-4-25-19-9-6-14(11-20(19)24-3)5-8-17(23)21-13(2)16-12-15(22)7-10-18(16)26-21/h5-12H,4H2,1-3H3. The van der Waals surface area contributed by atoms with Crippen molar-refractivity contribution in [3.63, 3.8) is 0 Å². The molecule has 3 aromatic rings. The van der Waals surface area contributed by atoms with Crippen LogP contribution in [-0.2, 0) is 0 Å². The van der Waals surface area contributed by atoms with Crippen LogP contribution in [0.3, 0.4) is 0 Å². The van der Waals surface area contributed by atoms with Gasteiger partial charge in [-0.2, -0.15) is 0 Å². The van der Waals surface area contributed by atoms with Gasteiger partial charge >= 0.3 is 0 Å². The SMILES string of the molecule is CCOc1ccc(C=CC(=O)c2oc3ccc(F)cc3c2C)cc1OC. The van der Waals surface area contributed by atoms with E-state index in [0.717, 1.165) is 5.56 Å². The summed E-state index contributed by atoms with van der Waals surface area (Å²) in [5.41, 5.74) is 1.90. The van der Waals surface area contributed by atoms with Crippen LogP contribution in [0.25, 0.3) is 17.0 Å². The molecule has 4 nitrogen and oxygen atoms in total. The maximum Gasteiger partial charge on any atom is 0.221 e. The number of fused-ring (bicyclic) bond motifs is 1. The third-order valence-corrected chi connectivity index (χ3v) is 4.04. The zero-order valence-corrected chi connectivity index (χ0v) is 14.8. The molecule has 5 heteroatoms. The van der Waals surface area contributed by atoms with Gasteiger partial charge in [0.2, 0.25) is 5.78 Å². The van der Waals surface area contributed by atoms with Crippen LogP contribution in [-0.4, -0.2) is 19.5 Å². The van der Waals surface area contributed by atoms with Crippen LogP contribution >= 0.6 is 0 Å². The Balaban J connectivity index is 1.87. The number of carbonyl (C=O) groups is 1. The summed E-state index contributed by atoms with van der Waals surface area (Å²) in [4.78, 5) is 12.5. The van der Waals surface area contributed by atoms with E-state index >= 15 is 0 Å². The molecule has 134 valence electrons. The molecule has 1 aromatic heterocycles. The van der Waals surface area contributed by atoms with Crippen LogP contribution in [0.15, 0.2) is 46.9 Å². The second-order valence-electron chi connectivity index (χ2n) is 5.74. The minimum atomic E-state index is -0.363. The van der Waals surface area contributed by atoms with Crippen molar-refractivity contribution < 1.29 is 23.1 Å². The molecule has 2 aromatic carbocycles. The number of furan rings is 1. The average molecular weight is 354 g/mol. The number of rotatable bonds is 6. The predicted octanol–water partition coefficient (Wildman–Crippen LogP) is 5.18. The summed E-state index contributed by atoms with van der Waals surface area (Å²) < 4.78 is 29.8. The molecule has 1 heterocycles. The van der Waals surface area contributed by atoms with Gasteiger partial charge in [-0.25, -0.2) is 4.39 Å². The van der Waals surface area contributed by atoms with Crippen molar-refractivity contribution >= 4 is 22.8 Å². The fraction of sp³-hybridized carbons (Fsp3) is 0.190. The number of halogens is 1. The van der Waals surface area contributed by atoms with Crippen molar-refractivity contribution in [3.8, 4) is 11.5 Å². The van der Waals surface area contributed by atoms with Crippen LogP contribution < -0.4 is 9.47 Å². The van der Waals surface area contributed by atoms with Gasteiger partial charge in [-0.15, -0.1) is 0 Å². The number of methoxy groups -OCH3 is 1. The van der Waals surface area contributed by atoms with E-state index < -0.39 is 0 Å². The highest BCUT2D eigenvalue weighted by Gasteiger charge is 2.16. The van der Waals surface area contributed by atoms with Crippen molar-refractivity contribution in [3.05, 3.63) is 65.2 Å². The number of carbonyl (C=O) groups excluding carboxylic acids is 1. The first-order valence-corrected chi connectivity index (χ1v) is 8.25. The molecule has 0 saturated carbocycles. The Morgan fingerprint density at radius 3 is 2.73 bits per heavy atom. The number of ether oxygens (including phenoxy) is 2. The topological polar surface area (TPSA) is 48.7 Å². The Labute approximate surface area is 150 Å². The third-order valence-electron chi connectivity index (χ3n) is 4.04. The monoisotopic (exact) mass is 354 g/mol. The first-order valence-electron chi connectivity index (χ1n) is 8.25. The number of allylic oxidation sites excluding steroid dienone is 1. The van der Waals surface area contributed by atoms with E-state index in [9.17, 15) is 9.18 Å². The van der Waals surface area contributed by atoms with E-state index in [0.29, 0.717) is 34.6 Å².